The normalized spacial score (nSPS) is 16.1. The lowest BCUT2D eigenvalue weighted by atomic mass is 10.1. The second-order valence-electron chi connectivity index (χ2n) is 6.39. The van der Waals surface area contributed by atoms with Gasteiger partial charge in [0, 0.05) is 25.6 Å². The second kappa shape index (κ2) is 11.8. The van der Waals surface area contributed by atoms with Crippen molar-refractivity contribution < 1.29 is 28.2 Å². The van der Waals surface area contributed by atoms with Crippen molar-refractivity contribution in [1.82, 2.24) is 10.6 Å². The fraction of sp³-hybridized carbons (Fsp3) is 0.300. The molecule has 1 atom stereocenters. The summed E-state index contributed by atoms with van der Waals surface area (Å²) < 4.78 is 31.7. The van der Waals surface area contributed by atoms with E-state index in [9.17, 15) is 18.4 Å². The number of benzene rings is 2. The molecule has 3 rings (SSSR count). The fourth-order valence-electron chi connectivity index (χ4n) is 2.57. The van der Waals surface area contributed by atoms with Crippen molar-refractivity contribution in [2.24, 2.45) is 5.92 Å². The molecule has 0 spiro atoms. The first kappa shape index (κ1) is 24.0. The number of nitrogens with one attached hydrogen (secondary N) is 2. The number of carbonyl (C=O) groups excluding carboxylic acids is 1. The summed E-state index contributed by atoms with van der Waals surface area (Å²) in [4.78, 5) is 23.1. The second-order valence-corrected chi connectivity index (χ2v) is 7.20. The predicted octanol–water partition coefficient (Wildman–Crippen LogP) is 3.62. The van der Waals surface area contributed by atoms with Crippen LogP contribution in [0.15, 0.2) is 36.4 Å². The molecule has 0 saturated carbocycles. The molecule has 3 N–H and O–H groups in total. The minimum atomic E-state index is -1.50. The molecule has 6 nitrogen and oxygen atoms in total. The first-order valence-electron chi connectivity index (χ1n) is 8.98. The number of carbonyl (C=O) groups is 2. The standard InChI is InChI=1S/C14H16F2N2O4.C6H4Cl2/c15-11-3-9(10(14(20)21)4-12(11)16)13(19)18-6-8-5-17-1-2-22-7-8;7-5-3-1-2-4-6(5)8/h3-4,8,17H,1-2,5-7H2,(H,18,19)(H,20,21);1-4H. The Morgan fingerprint density at radius 2 is 1.73 bits per heavy atom. The third-order valence-corrected chi connectivity index (χ3v) is 4.88. The molecule has 1 aliphatic heterocycles. The largest absolute Gasteiger partial charge is 0.478 e. The Bertz CT molecular complexity index is 870. The molecule has 30 heavy (non-hydrogen) atoms. The van der Waals surface area contributed by atoms with E-state index >= 15 is 0 Å². The molecule has 0 radical (unpaired) electrons. The third kappa shape index (κ3) is 7.21. The van der Waals surface area contributed by atoms with Crippen LogP contribution in [0, 0.1) is 17.6 Å². The van der Waals surface area contributed by atoms with Crippen molar-refractivity contribution in [1.29, 1.82) is 0 Å². The van der Waals surface area contributed by atoms with Crippen LogP contribution in [0.25, 0.3) is 0 Å². The summed E-state index contributed by atoms with van der Waals surface area (Å²) in [6, 6.07) is 8.29. The molecule has 0 aliphatic carbocycles. The molecule has 10 heteroatoms. The Kier molecular flexibility index (Phi) is 9.45. The molecule has 2 aromatic rings. The first-order valence-corrected chi connectivity index (χ1v) is 9.74. The smallest absolute Gasteiger partial charge is 0.336 e. The minimum absolute atomic E-state index is 0.0185. The van der Waals surface area contributed by atoms with Gasteiger partial charge in [0.2, 0.25) is 0 Å². The highest BCUT2D eigenvalue weighted by atomic mass is 35.5. The Morgan fingerprint density at radius 3 is 2.30 bits per heavy atom. The maximum absolute atomic E-state index is 13.3. The van der Waals surface area contributed by atoms with E-state index in [1.54, 1.807) is 12.1 Å². The van der Waals surface area contributed by atoms with Gasteiger partial charge in [-0.15, -0.1) is 0 Å². The number of aromatic carboxylic acids is 1. The van der Waals surface area contributed by atoms with Crippen molar-refractivity contribution in [2.45, 2.75) is 0 Å². The van der Waals surface area contributed by atoms with Gasteiger partial charge >= 0.3 is 5.97 Å². The lowest BCUT2D eigenvalue weighted by molar-refractivity contribution is 0.0689. The van der Waals surface area contributed by atoms with Crippen LogP contribution in [0.2, 0.25) is 10.0 Å². The predicted molar refractivity (Wildman–Crippen MR) is 109 cm³/mol. The summed E-state index contributed by atoms with van der Waals surface area (Å²) in [5.41, 5.74) is -0.986. The average Bonchev–Trinajstić information content (AvgIpc) is 2.99. The molecule has 162 valence electrons. The van der Waals surface area contributed by atoms with Gasteiger partial charge in [0.25, 0.3) is 5.91 Å². The van der Waals surface area contributed by atoms with Crippen LogP contribution in [0.1, 0.15) is 20.7 Å². The van der Waals surface area contributed by atoms with Gasteiger partial charge in [0.05, 0.1) is 34.4 Å². The average molecular weight is 461 g/mol. The molecule has 2 aromatic carbocycles. The van der Waals surface area contributed by atoms with E-state index in [0.29, 0.717) is 41.9 Å². The molecule has 1 amide bonds. The van der Waals surface area contributed by atoms with Gasteiger partial charge in [-0.25, -0.2) is 13.6 Å². The Morgan fingerprint density at radius 1 is 1.13 bits per heavy atom. The summed E-state index contributed by atoms with van der Waals surface area (Å²) in [5, 5.41) is 15.9. The van der Waals surface area contributed by atoms with Gasteiger partial charge < -0.3 is 20.5 Å². The highest BCUT2D eigenvalue weighted by molar-refractivity contribution is 6.41. The monoisotopic (exact) mass is 460 g/mol. The maximum Gasteiger partial charge on any atom is 0.336 e. The fourth-order valence-corrected chi connectivity index (χ4v) is 2.85. The van der Waals surface area contributed by atoms with E-state index in [-0.39, 0.29) is 12.5 Å². The summed E-state index contributed by atoms with van der Waals surface area (Å²) in [5.74, 6) is -4.82. The van der Waals surface area contributed by atoms with E-state index in [0.717, 1.165) is 6.54 Å². The zero-order chi connectivity index (χ0) is 22.1. The van der Waals surface area contributed by atoms with Crippen LogP contribution in [-0.4, -0.2) is 49.8 Å². The van der Waals surface area contributed by atoms with Crippen molar-refractivity contribution in [3.63, 3.8) is 0 Å². The van der Waals surface area contributed by atoms with E-state index < -0.39 is 34.6 Å². The van der Waals surface area contributed by atoms with E-state index in [2.05, 4.69) is 10.6 Å². The molecule has 1 saturated heterocycles. The summed E-state index contributed by atoms with van der Waals surface area (Å²) >= 11 is 11.2. The van der Waals surface area contributed by atoms with Crippen LogP contribution < -0.4 is 10.6 Å². The SMILES string of the molecule is Clc1ccccc1Cl.O=C(O)c1cc(F)c(F)cc1C(=O)NCC1CNCCOC1. The topological polar surface area (TPSA) is 87.7 Å². The third-order valence-electron chi connectivity index (χ3n) is 4.12. The summed E-state index contributed by atoms with van der Waals surface area (Å²) in [6.45, 7) is 2.64. The first-order chi connectivity index (χ1) is 14.3. The Hall–Kier alpha value is -2.26. The Labute approximate surface area is 182 Å². The lowest BCUT2D eigenvalue weighted by Gasteiger charge is -2.15. The van der Waals surface area contributed by atoms with Gasteiger partial charge in [0.15, 0.2) is 11.6 Å². The molecular weight excluding hydrogens is 441 g/mol. The van der Waals surface area contributed by atoms with Crippen LogP contribution in [0.3, 0.4) is 0 Å². The van der Waals surface area contributed by atoms with E-state index in [4.69, 9.17) is 33.0 Å². The maximum atomic E-state index is 13.3. The molecule has 1 aliphatic rings. The number of amides is 1. The number of hydrogen-bond donors (Lipinski definition) is 3. The van der Waals surface area contributed by atoms with Crippen LogP contribution in [0.4, 0.5) is 8.78 Å². The zero-order valence-corrected chi connectivity index (χ0v) is 17.3. The molecular formula is C20H20Cl2F2N2O4. The van der Waals surface area contributed by atoms with Crippen LogP contribution >= 0.6 is 23.2 Å². The molecule has 0 aromatic heterocycles. The molecule has 1 unspecified atom stereocenters. The highest BCUT2D eigenvalue weighted by Gasteiger charge is 2.21. The number of hydrogen-bond acceptors (Lipinski definition) is 4. The number of carboxylic acids is 1. The summed E-state index contributed by atoms with van der Waals surface area (Å²) in [6.07, 6.45) is 0. The molecule has 1 fully saturated rings. The van der Waals surface area contributed by atoms with Gasteiger partial charge in [-0.1, -0.05) is 35.3 Å². The van der Waals surface area contributed by atoms with Crippen molar-refractivity contribution in [3.8, 4) is 0 Å². The highest BCUT2D eigenvalue weighted by Crippen LogP contribution is 2.19. The van der Waals surface area contributed by atoms with E-state index in [1.165, 1.54) is 0 Å². The Balaban J connectivity index is 0.000000335. The number of rotatable bonds is 4. The van der Waals surface area contributed by atoms with Crippen molar-refractivity contribution >= 4 is 35.1 Å². The van der Waals surface area contributed by atoms with E-state index in [1.807, 2.05) is 12.1 Å². The van der Waals surface area contributed by atoms with Crippen LogP contribution in [-0.2, 0) is 4.74 Å². The minimum Gasteiger partial charge on any atom is -0.478 e. The lowest BCUT2D eigenvalue weighted by Crippen LogP contribution is -2.35. The molecule has 1 heterocycles. The van der Waals surface area contributed by atoms with Crippen molar-refractivity contribution in [3.05, 3.63) is 69.2 Å². The number of ether oxygens (including phenoxy) is 1. The van der Waals surface area contributed by atoms with Crippen molar-refractivity contribution in [2.75, 3.05) is 32.8 Å². The number of halogens is 4. The van der Waals surface area contributed by atoms with Gasteiger partial charge in [-0.3, -0.25) is 4.79 Å². The van der Waals surface area contributed by atoms with Gasteiger partial charge in [-0.05, 0) is 24.3 Å². The summed E-state index contributed by atoms with van der Waals surface area (Å²) in [7, 11) is 0. The zero-order valence-electron chi connectivity index (χ0n) is 15.8. The number of carboxylic acid groups (broad SMARTS) is 1. The van der Waals surface area contributed by atoms with Crippen LogP contribution in [0.5, 0.6) is 0 Å². The van der Waals surface area contributed by atoms with Gasteiger partial charge in [-0.2, -0.15) is 0 Å². The molecule has 0 bridgehead atoms. The van der Waals surface area contributed by atoms with Gasteiger partial charge in [0.1, 0.15) is 0 Å². The quantitative estimate of drug-likeness (QED) is 0.648.